The number of ether oxygens (including phenoxy) is 1. The van der Waals surface area contributed by atoms with Crippen LogP contribution in [0.2, 0.25) is 0 Å². The molecule has 1 atom stereocenters. The van der Waals surface area contributed by atoms with Gasteiger partial charge in [-0.3, -0.25) is 4.90 Å². The predicted molar refractivity (Wildman–Crippen MR) is 74.9 cm³/mol. The molecule has 4 heteroatoms. The number of hydrogen-bond donors (Lipinski definition) is 1. The second-order valence-electron chi connectivity index (χ2n) is 5.97. The fourth-order valence-electron chi connectivity index (χ4n) is 2.87. The van der Waals surface area contributed by atoms with E-state index in [-0.39, 0.29) is 0 Å². The van der Waals surface area contributed by atoms with Gasteiger partial charge < -0.3 is 15.0 Å². The van der Waals surface area contributed by atoms with Crippen LogP contribution in [-0.2, 0) is 4.74 Å². The van der Waals surface area contributed by atoms with E-state index in [2.05, 4.69) is 29.1 Å². The highest BCUT2D eigenvalue weighted by Crippen LogP contribution is 2.14. The average Bonchev–Trinajstić information content (AvgIpc) is 2.39. The standard InChI is InChI=1S/C14H29N3O/c1-13(12-17-7-9-18-10-8-17)15-11-14-3-5-16(2)6-4-14/h13-15H,3-12H2,1-2H3. The number of rotatable bonds is 5. The van der Waals surface area contributed by atoms with Crippen LogP contribution in [0.3, 0.4) is 0 Å². The Balaban J connectivity index is 1.57. The van der Waals surface area contributed by atoms with Crippen LogP contribution in [0.15, 0.2) is 0 Å². The van der Waals surface area contributed by atoms with Gasteiger partial charge in [0, 0.05) is 25.7 Å². The molecule has 0 aromatic heterocycles. The summed E-state index contributed by atoms with van der Waals surface area (Å²) >= 11 is 0. The van der Waals surface area contributed by atoms with Crippen LogP contribution in [0, 0.1) is 5.92 Å². The molecule has 2 rings (SSSR count). The molecule has 0 aromatic rings. The first-order valence-electron chi connectivity index (χ1n) is 7.46. The Hall–Kier alpha value is -0.160. The normalized spacial score (nSPS) is 26.3. The topological polar surface area (TPSA) is 27.7 Å². The van der Waals surface area contributed by atoms with Crippen molar-refractivity contribution < 1.29 is 4.74 Å². The van der Waals surface area contributed by atoms with Crippen molar-refractivity contribution in [2.24, 2.45) is 5.92 Å². The van der Waals surface area contributed by atoms with Gasteiger partial charge in [0.2, 0.25) is 0 Å². The number of likely N-dealkylation sites (tertiary alicyclic amines) is 1. The Morgan fingerprint density at radius 1 is 1.17 bits per heavy atom. The minimum atomic E-state index is 0.600. The minimum absolute atomic E-state index is 0.600. The van der Waals surface area contributed by atoms with Crippen molar-refractivity contribution >= 4 is 0 Å². The molecule has 106 valence electrons. The summed E-state index contributed by atoms with van der Waals surface area (Å²) in [5.41, 5.74) is 0. The maximum Gasteiger partial charge on any atom is 0.0594 e. The lowest BCUT2D eigenvalue weighted by Gasteiger charge is -2.32. The van der Waals surface area contributed by atoms with Gasteiger partial charge in [0.15, 0.2) is 0 Å². The first kappa shape index (κ1) is 14.3. The SMILES string of the molecule is CC(CN1CCOCC1)NCC1CCN(C)CC1. The van der Waals surface area contributed by atoms with Crippen molar-refractivity contribution in [3.05, 3.63) is 0 Å². The highest BCUT2D eigenvalue weighted by atomic mass is 16.5. The lowest BCUT2D eigenvalue weighted by Crippen LogP contribution is -2.46. The fourth-order valence-corrected chi connectivity index (χ4v) is 2.87. The van der Waals surface area contributed by atoms with Gasteiger partial charge in [-0.25, -0.2) is 0 Å². The molecule has 0 aliphatic carbocycles. The van der Waals surface area contributed by atoms with E-state index in [9.17, 15) is 0 Å². The number of hydrogen-bond acceptors (Lipinski definition) is 4. The van der Waals surface area contributed by atoms with Gasteiger partial charge in [-0.1, -0.05) is 0 Å². The van der Waals surface area contributed by atoms with Crippen LogP contribution in [0.25, 0.3) is 0 Å². The molecular weight excluding hydrogens is 226 g/mol. The van der Waals surface area contributed by atoms with E-state index in [0.717, 1.165) is 38.8 Å². The van der Waals surface area contributed by atoms with E-state index in [0.29, 0.717) is 6.04 Å². The number of morpholine rings is 1. The van der Waals surface area contributed by atoms with Crippen molar-refractivity contribution in [1.29, 1.82) is 0 Å². The summed E-state index contributed by atoms with van der Waals surface area (Å²) in [6.07, 6.45) is 2.71. The lowest BCUT2D eigenvalue weighted by atomic mass is 9.97. The maximum atomic E-state index is 5.38. The van der Waals surface area contributed by atoms with E-state index in [1.165, 1.54) is 32.5 Å². The Morgan fingerprint density at radius 2 is 1.83 bits per heavy atom. The van der Waals surface area contributed by atoms with E-state index in [1.807, 2.05) is 0 Å². The van der Waals surface area contributed by atoms with Gasteiger partial charge in [0.25, 0.3) is 0 Å². The Kier molecular flexibility index (Phi) is 5.89. The summed E-state index contributed by atoms with van der Waals surface area (Å²) in [6, 6.07) is 0.600. The van der Waals surface area contributed by atoms with Crippen LogP contribution in [-0.4, -0.2) is 75.4 Å². The number of nitrogens with zero attached hydrogens (tertiary/aromatic N) is 2. The zero-order valence-corrected chi connectivity index (χ0v) is 12.0. The van der Waals surface area contributed by atoms with E-state index in [4.69, 9.17) is 4.74 Å². The number of piperidine rings is 1. The van der Waals surface area contributed by atoms with Crippen LogP contribution in [0.1, 0.15) is 19.8 Å². The molecule has 1 N–H and O–H groups in total. The molecule has 2 aliphatic heterocycles. The van der Waals surface area contributed by atoms with Gasteiger partial charge in [-0.15, -0.1) is 0 Å². The average molecular weight is 255 g/mol. The summed E-state index contributed by atoms with van der Waals surface area (Å²) < 4.78 is 5.38. The molecular formula is C14H29N3O. The molecule has 4 nitrogen and oxygen atoms in total. The Morgan fingerprint density at radius 3 is 2.50 bits per heavy atom. The molecule has 0 aromatic carbocycles. The Bertz CT molecular complexity index is 223. The molecule has 18 heavy (non-hydrogen) atoms. The third-order valence-electron chi connectivity index (χ3n) is 4.23. The molecule has 0 spiro atoms. The first-order valence-corrected chi connectivity index (χ1v) is 7.46. The fraction of sp³-hybridized carbons (Fsp3) is 1.00. The third kappa shape index (κ3) is 4.84. The summed E-state index contributed by atoms with van der Waals surface area (Å²) in [7, 11) is 2.23. The van der Waals surface area contributed by atoms with Crippen LogP contribution < -0.4 is 5.32 Å². The minimum Gasteiger partial charge on any atom is -0.379 e. The van der Waals surface area contributed by atoms with Crippen molar-refractivity contribution in [2.75, 3.05) is 59.5 Å². The molecule has 0 radical (unpaired) electrons. The van der Waals surface area contributed by atoms with Crippen molar-refractivity contribution in [3.8, 4) is 0 Å². The first-order chi connectivity index (χ1) is 8.74. The van der Waals surface area contributed by atoms with E-state index in [1.54, 1.807) is 0 Å². The summed E-state index contributed by atoms with van der Waals surface area (Å²) in [5.74, 6) is 0.883. The summed E-state index contributed by atoms with van der Waals surface area (Å²) in [6.45, 7) is 11.2. The summed E-state index contributed by atoms with van der Waals surface area (Å²) in [5, 5.41) is 3.71. The molecule has 1 unspecified atom stereocenters. The monoisotopic (exact) mass is 255 g/mol. The zero-order valence-electron chi connectivity index (χ0n) is 12.0. The second-order valence-corrected chi connectivity index (χ2v) is 5.97. The van der Waals surface area contributed by atoms with Gasteiger partial charge >= 0.3 is 0 Å². The zero-order chi connectivity index (χ0) is 12.8. The highest BCUT2D eigenvalue weighted by Gasteiger charge is 2.18. The quantitative estimate of drug-likeness (QED) is 0.780. The third-order valence-corrected chi connectivity index (χ3v) is 4.23. The van der Waals surface area contributed by atoms with Crippen molar-refractivity contribution in [3.63, 3.8) is 0 Å². The second kappa shape index (κ2) is 7.43. The molecule has 0 saturated carbocycles. The van der Waals surface area contributed by atoms with Crippen LogP contribution in [0.4, 0.5) is 0 Å². The molecule has 0 amide bonds. The van der Waals surface area contributed by atoms with Crippen LogP contribution in [0.5, 0.6) is 0 Å². The van der Waals surface area contributed by atoms with E-state index >= 15 is 0 Å². The lowest BCUT2D eigenvalue weighted by molar-refractivity contribution is 0.0341. The van der Waals surface area contributed by atoms with Gasteiger partial charge in [0.1, 0.15) is 0 Å². The predicted octanol–water partition coefficient (Wildman–Crippen LogP) is 0.639. The highest BCUT2D eigenvalue weighted by molar-refractivity contribution is 4.75. The van der Waals surface area contributed by atoms with E-state index < -0.39 is 0 Å². The molecule has 2 aliphatic rings. The Labute approximate surface area is 112 Å². The number of nitrogens with one attached hydrogen (secondary N) is 1. The van der Waals surface area contributed by atoms with Gasteiger partial charge in [-0.05, 0) is 52.4 Å². The van der Waals surface area contributed by atoms with Crippen molar-refractivity contribution in [1.82, 2.24) is 15.1 Å². The smallest absolute Gasteiger partial charge is 0.0594 e. The largest absolute Gasteiger partial charge is 0.379 e. The van der Waals surface area contributed by atoms with Crippen molar-refractivity contribution in [2.45, 2.75) is 25.8 Å². The maximum absolute atomic E-state index is 5.38. The molecule has 2 fully saturated rings. The molecule has 0 bridgehead atoms. The van der Waals surface area contributed by atoms with Gasteiger partial charge in [0.05, 0.1) is 13.2 Å². The molecule has 2 heterocycles. The summed E-state index contributed by atoms with van der Waals surface area (Å²) in [4.78, 5) is 4.95. The van der Waals surface area contributed by atoms with Gasteiger partial charge in [-0.2, -0.15) is 0 Å². The van der Waals surface area contributed by atoms with Crippen LogP contribution >= 0.6 is 0 Å². The molecule has 2 saturated heterocycles.